The first kappa shape index (κ1) is 33.4. The molecule has 0 unspecified atom stereocenters. The maximum Gasteiger partial charge on any atom is 0.412 e. The number of likely N-dealkylation sites (N-methyl/N-ethyl adjacent to an activating group) is 1. The summed E-state index contributed by atoms with van der Waals surface area (Å²) in [5.74, 6) is -0.0310. The zero-order valence-corrected chi connectivity index (χ0v) is 27.7. The third kappa shape index (κ3) is 7.66. The van der Waals surface area contributed by atoms with Crippen molar-refractivity contribution >= 4 is 34.7 Å². The molecule has 2 saturated heterocycles. The Bertz CT molecular complexity index is 1800. The first-order chi connectivity index (χ1) is 23.8. The number of carbonyl (C=O) groups is 4. The van der Waals surface area contributed by atoms with E-state index in [4.69, 9.17) is 4.74 Å². The summed E-state index contributed by atoms with van der Waals surface area (Å²) < 4.78 is 5.38. The average Bonchev–Trinajstić information content (AvgIpc) is 3.45. The summed E-state index contributed by atoms with van der Waals surface area (Å²) >= 11 is 0. The van der Waals surface area contributed by atoms with Crippen molar-refractivity contribution in [3.05, 3.63) is 114 Å². The second-order valence-corrected chi connectivity index (χ2v) is 12.2. The summed E-state index contributed by atoms with van der Waals surface area (Å²) in [5.41, 5.74) is 2.75. The predicted octanol–water partition coefficient (Wildman–Crippen LogP) is 3.33. The number of urea groups is 1. The highest BCUT2D eigenvalue weighted by molar-refractivity contribution is 5.92. The fraction of sp³-hybridized carbons (Fsp3) is 0.297. The zero-order chi connectivity index (χ0) is 34.3. The Labute approximate surface area is 285 Å². The Morgan fingerprint density at radius 3 is 2.37 bits per heavy atom. The van der Waals surface area contributed by atoms with E-state index in [1.165, 1.54) is 5.01 Å². The second-order valence-electron chi connectivity index (χ2n) is 12.2. The summed E-state index contributed by atoms with van der Waals surface area (Å²) in [6.07, 6.45) is -0.863. The van der Waals surface area contributed by atoms with Crippen molar-refractivity contribution in [2.45, 2.75) is 31.7 Å². The highest BCUT2D eigenvalue weighted by Gasteiger charge is 2.51. The van der Waals surface area contributed by atoms with Gasteiger partial charge in [0, 0.05) is 39.6 Å². The molecule has 4 aromatic carbocycles. The van der Waals surface area contributed by atoms with E-state index in [1.807, 2.05) is 72.8 Å². The van der Waals surface area contributed by atoms with E-state index < -0.39 is 18.3 Å². The van der Waals surface area contributed by atoms with Crippen molar-refractivity contribution < 1.29 is 23.9 Å². The molecule has 2 aliphatic rings. The maximum absolute atomic E-state index is 14.3. The molecule has 0 spiro atoms. The van der Waals surface area contributed by atoms with Gasteiger partial charge in [-0.15, -0.1) is 0 Å². The summed E-state index contributed by atoms with van der Waals surface area (Å²) in [6, 6.07) is 29.5. The minimum absolute atomic E-state index is 0.0404. The third-order valence-electron chi connectivity index (χ3n) is 8.98. The molecule has 0 aromatic heterocycles. The number of nitrogens with one attached hydrogen (secondary N) is 3. The van der Waals surface area contributed by atoms with Crippen molar-refractivity contribution in [2.75, 3.05) is 40.3 Å². The van der Waals surface area contributed by atoms with E-state index in [9.17, 15) is 19.2 Å². The van der Waals surface area contributed by atoms with Gasteiger partial charge >= 0.3 is 12.1 Å². The number of nitrogens with zero attached hydrogens (tertiary/aromatic N) is 4. The van der Waals surface area contributed by atoms with Crippen LogP contribution in [0.5, 0.6) is 5.75 Å². The van der Waals surface area contributed by atoms with Crippen LogP contribution in [0.4, 0.5) is 9.59 Å². The summed E-state index contributed by atoms with van der Waals surface area (Å²) in [6.45, 7) is 1.92. The van der Waals surface area contributed by atoms with E-state index in [-0.39, 0.29) is 37.4 Å². The van der Waals surface area contributed by atoms with E-state index in [0.717, 1.165) is 27.5 Å². The van der Waals surface area contributed by atoms with Gasteiger partial charge in [-0.25, -0.2) is 9.59 Å². The van der Waals surface area contributed by atoms with Gasteiger partial charge < -0.3 is 30.5 Å². The van der Waals surface area contributed by atoms with Gasteiger partial charge in [-0.3, -0.25) is 14.6 Å². The van der Waals surface area contributed by atoms with Crippen LogP contribution < -0.4 is 20.7 Å². The molecular formula is C37H41N7O5. The molecule has 0 bridgehead atoms. The van der Waals surface area contributed by atoms with Crippen molar-refractivity contribution in [1.82, 2.24) is 35.8 Å². The van der Waals surface area contributed by atoms with Crippen LogP contribution in [0, 0.1) is 0 Å². The number of fused-ring (bicyclic) bond motifs is 2. The topological polar surface area (TPSA) is 127 Å². The Morgan fingerprint density at radius 1 is 0.857 bits per heavy atom. The van der Waals surface area contributed by atoms with Gasteiger partial charge in [0.2, 0.25) is 11.8 Å². The van der Waals surface area contributed by atoms with E-state index in [1.54, 1.807) is 53.2 Å². The number of amides is 5. The van der Waals surface area contributed by atoms with Crippen LogP contribution in [0.15, 0.2) is 97.1 Å². The fourth-order valence-electron chi connectivity index (χ4n) is 6.44. The molecule has 49 heavy (non-hydrogen) atoms. The van der Waals surface area contributed by atoms with Crippen LogP contribution in [0.2, 0.25) is 0 Å². The van der Waals surface area contributed by atoms with Crippen LogP contribution in [0.25, 0.3) is 10.8 Å². The third-order valence-corrected chi connectivity index (χ3v) is 8.98. The first-order valence-electron chi connectivity index (χ1n) is 16.4. The lowest BCUT2D eigenvalue weighted by molar-refractivity contribution is -0.157. The van der Waals surface area contributed by atoms with E-state index in [0.29, 0.717) is 31.9 Å². The van der Waals surface area contributed by atoms with Gasteiger partial charge in [0.15, 0.2) is 0 Å². The van der Waals surface area contributed by atoms with Crippen LogP contribution in [-0.4, -0.2) is 96.2 Å². The molecule has 6 rings (SSSR count). The molecule has 5 amide bonds. The number of hydrogen-bond acceptors (Lipinski definition) is 7. The molecule has 254 valence electrons. The molecule has 0 saturated carbocycles. The number of rotatable bonds is 11. The second kappa shape index (κ2) is 15.2. The largest absolute Gasteiger partial charge is 0.412 e. The molecule has 3 N–H and O–H groups in total. The predicted molar refractivity (Wildman–Crippen MR) is 185 cm³/mol. The molecule has 2 atom stereocenters. The van der Waals surface area contributed by atoms with E-state index >= 15 is 0 Å². The number of hydrogen-bond donors (Lipinski definition) is 3. The average molecular weight is 664 g/mol. The number of hydrazine groups is 1. The van der Waals surface area contributed by atoms with E-state index in [2.05, 4.69) is 16.0 Å². The van der Waals surface area contributed by atoms with Gasteiger partial charge in [-0.1, -0.05) is 84.9 Å². The molecule has 2 heterocycles. The molecule has 4 aromatic rings. The quantitative estimate of drug-likeness (QED) is 0.210. The number of carbonyl (C=O) groups excluding carboxylic acids is 4. The molecule has 0 aliphatic carbocycles. The van der Waals surface area contributed by atoms with Crippen molar-refractivity contribution in [1.29, 1.82) is 0 Å². The number of piperazine rings is 1. The lowest BCUT2D eigenvalue weighted by Gasteiger charge is -2.46. The zero-order valence-electron chi connectivity index (χ0n) is 27.7. The van der Waals surface area contributed by atoms with Crippen LogP contribution >= 0.6 is 0 Å². The summed E-state index contributed by atoms with van der Waals surface area (Å²) in [5, 5.41) is 13.9. The molecular weight excluding hydrogens is 622 g/mol. The van der Waals surface area contributed by atoms with Gasteiger partial charge in [0.05, 0.1) is 13.1 Å². The number of ether oxygens (including phenoxy) is 1. The fourth-order valence-corrected chi connectivity index (χ4v) is 6.44. The monoisotopic (exact) mass is 663 g/mol. The van der Waals surface area contributed by atoms with Gasteiger partial charge in [-0.2, -0.15) is 5.01 Å². The van der Waals surface area contributed by atoms with Crippen molar-refractivity contribution in [2.24, 2.45) is 0 Å². The van der Waals surface area contributed by atoms with Crippen LogP contribution in [0.1, 0.15) is 16.7 Å². The molecule has 12 nitrogen and oxygen atoms in total. The Hall–Kier alpha value is -5.46. The van der Waals surface area contributed by atoms with Gasteiger partial charge in [0.25, 0.3) is 0 Å². The lowest BCUT2D eigenvalue weighted by Crippen LogP contribution is -2.65. The minimum Gasteiger partial charge on any atom is -0.410 e. The molecule has 2 fully saturated rings. The minimum atomic E-state index is -0.802. The summed E-state index contributed by atoms with van der Waals surface area (Å²) in [7, 11) is 3.44. The Balaban J connectivity index is 1.23. The van der Waals surface area contributed by atoms with Crippen molar-refractivity contribution in [3.8, 4) is 5.75 Å². The number of benzene rings is 4. The van der Waals surface area contributed by atoms with Crippen LogP contribution in [-0.2, 0) is 29.1 Å². The Kier molecular flexibility index (Phi) is 10.4. The SMILES string of the molecule is CNCCNC(=O)Oc1ccc(C[C@H]2C(=O)N(Cc3cccc4ccccc34)C[C@H]3N2C(=O)CN3N(C)C(=O)NCc2ccccc2)cc1. The maximum atomic E-state index is 14.3. The lowest BCUT2D eigenvalue weighted by atomic mass is 9.99. The highest BCUT2D eigenvalue weighted by atomic mass is 16.6. The standard InChI is InChI=1S/C37H41N7O5/c1-38-19-20-39-37(48)49-30-17-15-26(16-18-30)21-32-35(46)42(23-29-13-8-12-28-11-6-7-14-31(28)29)24-33-43(25-34(45)44(32)33)41(2)36(47)40-22-27-9-4-3-5-10-27/h3-18,32-33,38H,19-25H2,1-2H3,(H,39,48)(H,40,47)/t32-,33+/m0/s1. The van der Waals surface area contributed by atoms with Gasteiger partial charge in [0.1, 0.15) is 18.0 Å². The Morgan fingerprint density at radius 2 is 1.59 bits per heavy atom. The molecule has 2 aliphatic heterocycles. The normalized spacial score (nSPS) is 17.6. The highest BCUT2D eigenvalue weighted by Crippen LogP contribution is 2.31. The van der Waals surface area contributed by atoms with Crippen LogP contribution in [0.3, 0.4) is 0 Å². The summed E-state index contributed by atoms with van der Waals surface area (Å²) in [4.78, 5) is 56.9. The smallest absolute Gasteiger partial charge is 0.410 e. The van der Waals surface area contributed by atoms with Crippen molar-refractivity contribution in [3.63, 3.8) is 0 Å². The molecule has 12 heteroatoms. The van der Waals surface area contributed by atoms with Gasteiger partial charge in [-0.05, 0) is 46.6 Å². The molecule has 0 radical (unpaired) electrons. The first-order valence-corrected chi connectivity index (χ1v) is 16.4.